The Bertz CT molecular complexity index is 684. The van der Waals surface area contributed by atoms with Crippen molar-refractivity contribution in [1.82, 2.24) is 0 Å². The molecule has 0 saturated carbocycles. The zero-order chi connectivity index (χ0) is 27.2. The van der Waals surface area contributed by atoms with Gasteiger partial charge >= 0.3 is 5.51 Å². The van der Waals surface area contributed by atoms with Gasteiger partial charge in [-0.3, -0.25) is 0 Å². The predicted octanol–water partition coefficient (Wildman–Crippen LogP) is 9.37. The third-order valence-corrected chi connectivity index (χ3v) is 16.3. The second kappa shape index (κ2) is 19.7. The number of hydrogen-bond acceptors (Lipinski definition) is 3. The van der Waals surface area contributed by atoms with Crippen LogP contribution in [0.2, 0.25) is 0 Å². The molecule has 2 aliphatic heterocycles. The van der Waals surface area contributed by atoms with E-state index in [-0.39, 0.29) is 19.5 Å². The van der Waals surface area contributed by atoms with E-state index in [1.54, 1.807) is 38.0 Å². The van der Waals surface area contributed by atoms with Gasteiger partial charge in [0.2, 0.25) is 0 Å². The third-order valence-electron chi connectivity index (χ3n) is 7.66. The summed E-state index contributed by atoms with van der Waals surface area (Å²) in [5, 5.41) is 0. The molecule has 1 radical (unpaired) electrons. The molecule has 1 aliphatic carbocycles. The first-order valence-electron chi connectivity index (χ1n) is 13.8. The smallest absolute Gasteiger partial charge is 0.485 e. The SMILES string of the molecule is C1=C\CC/C=C\CC/1.CCC1CCC(CC)P1CCP1C(CC)CCC1CC.O=S(=O)([O-])C(F)(F)F.[Rh]. The van der Waals surface area contributed by atoms with E-state index in [1.165, 1.54) is 51.4 Å². The van der Waals surface area contributed by atoms with Crippen LogP contribution in [0.4, 0.5) is 13.2 Å². The molecule has 10 heteroatoms. The van der Waals surface area contributed by atoms with Gasteiger partial charge in [-0.1, -0.05) is 52.0 Å². The van der Waals surface area contributed by atoms with Crippen molar-refractivity contribution in [3.63, 3.8) is 0 Å². The Morgan fingerprint density at radius 3 is 1.05 bits per heavy atom. The van der Waals surface area contributed by atoms with Crippen LogP contribution in [0.15, 0.2) is 24.3 Å². The summed E-state index contributed by atoms with van der Waals surface area (Å²) in [6.45, 7) is 9.79. The number of halogens is 3. The van der Waals surface area contributed by atoms with Crippen LogP contribution in [0.5, 0.6) is 0 Å². The molecule has 2 saturated heterocycles. The van der Waals surface area contributed by atoms with Crippen molar-refractivity contribution < 1.29 is 45.6 Å². The monoisotopic (exact) mass is 674 g/mol. The maximum Gasteiger partial charge on any atom is 0.485 e. The summed E-state index contributed by atoms with van der Waals surface area (Å²) in [5.41, 5.74) is -1.12. The molecular formula is C27H48F3O3P2RhS-. The largest absolute Gasteiger partial charge is 0.741 e. The van der Waals surface area contributed by atoms with E-state index in [9.17, 15) is 13.2 Å². The predicted molar refractivity (Wildman–Crippen MR) is 151 cm³/mol. The topological polar surface area (TPSA) is 57.2 Å². The molecule has 2 fully saturated rings. The molecule has 4 atom stereocenters. The van der Waals surface area contributed by atoms with Gasteiger partial charge in [0.25, 0.3) is 0 Å². The van der Waals surface area contributed by atoms with Gasteiger partial charge in [-0.25, -0.2) is 8.42 Å². The van der Waals surface area contributed by atoms with Crippen molar-refractivity contribution in [2.24, 2.45) is 0 Å². The summed E-state index contributed by atoms with van der Waals surface area (Å²) < 4.78 is 58.9. The summed E-state index contributed by atoms with van der Waals surface area (Å²) in [5.74, 6) is 0. The van der Waals surface area contributed by atoms with Gasteiger partial charge in [0.15, 0.2) is 10.1 Å². The first-order valence-corrected chi connectivity index (χ1v) is 18.6. The van der Waals surface area contributed by atoms with Crippen LogP contribution in [-0.2, 0) is 29.6 Å². The summed E-state index contributed by atoms with van der Waals surface area (Å²) in [6, 6.07) is 0. The standard InChI is InChI=1S/C18H36P2.C8H12.CHF3O3S.Rh/c1-5-15-9-10-16(6-2)19(15)13-14-20-17(7-3)11-12-18(20)8-4;1-2-4-6-8-7-5-3-1;2-1(3,4)8(5,6)7;/h15-18H,5-14H2,1-4H3;1-2,7-8H,3-6H2;(H,5,6,7);/p-1/b;2-1-,8-7-;;. The first-order chi connectivity index (χ1) is 17.0. The Kier molecular flexibility index (Phi) is 20.0. The van der Waals surface area contributed by atoms with Crippen LogP contribution in [0.3, 0.4) is 0 Å². The maximum absolute atomic E-state index is 10.7. The quantitative estimate of drug-likeness (QED) is 0.0890. The van der Waals surface area contributed by atoms with Crippen LogP contribution in [0.25, 0.3) is 0 Å². The Hall–Kier alpha value is 0.663. The number of alkyl halides is 3. The van der Waals surface area contributed by atoms with Crippen LogP contribution in [-0.4, -0.2) is 53.4 Å². The average molecular weight is 675 g/mol. The molecular weight excluding hydrogens is 626 g/mol. The minimum absolute atomic E-state index is 0. The fourth-order valence-corrected chi connectivity index (χ4v) is 13.9. The molecule has 3 rings (SSSR count). The number of rotatable bonds is 7. The summed E-state index contributed by atoms with van der Waals surface area (Å²) >= 11 is 0. The Balaban J connectivity index is 0.000000631. The molecule has 0 aromatic heterocycles. The molecule has 221 valence electrons. The first kappa shape index (κ1) is 37.7. The molecule has 2 heterocycles. The van der Waals surface area contributed by atoms with Crippen molar-refractivity contribution in [2.45, 2.75) is 133 Å². The zero-order valence-electron chi connectivity index (χ0n) is 23.0. The maximum atomic E-state index is 10.7. The molecule has 0 spiro atoms. The molecule has 0 N–H and O–H groups in total. The molecule has 4 unspecified atom stereocenters. The van der Waals surface area contributed by atoms with Crippen LogP contribution in [0.1, 0.15) is 105 Å². The van der Waals surface area contributed by atoms with Crippen molar-refractivity contribution in [3.05, 3.63) is 24.3 Å². The molecule has 0 amide bonds. The van der Waals surface area contributed by atoms with Gasteiger partial charge < -0.3 is 4.55 Å². The second-order valence-corrected chi connectivity index (χ2v) is 17.1. The van der Waals surface area contributed by atoms with E-state index < -0.39 is 15.6 Å². The summed E-state index contributed by atoms with van der Waals surface area (Å²) in [4.78, 5) is 0. The Labute approximate surface area is 240 Å². The van der Waals surface area contributed by atoms with E-state index in [4.69, 9.17) is 13.0 Å². The van der Waals surface area contributed by atoms with E-state index in [0.29, 0.717) is 15.8 Å². The van der Waals surface area contributed by atoms with Crippen molar-refractivity contribution in [3.8, 4) is 0 Å². The van der Waals surface area contributed by atoms with Gasteiger partial charge in [0.1, 0.15) is 0 Å². The minimum atomic E-state index is -6.09. The summed E-state index contributed by atoms with van der Waals surface area (Å²) in [6.07, 6.45) is 29.4. The normalized spacial score (nSPS) is 31.5. The van der Waals surface area contributed by atoms with Crippen molar-refractivity contribution in [2.75, 3.05) is 12.3 Å². The number of allylic oxidation sites excluding steroid dienone is 4. The second-order valence-electron chi connectivity index (χ2n) is 9.88. The van der Waals surface area contributed by atoms with E-state index >= 15 is 0 Å². The molecule has 37 heavy (non-hydrogen) atoms. The van der Waals surface area contributed by atoms with Crippen molar-refractivity contribution in [1.29, 1.82) is 0 Å². The molecule has 3 aliphatic rings. The van der Waals surface area contributed by atoms with Crippen LogP contribution < -0.4 is 0 Å². The van der Waals surface area contributed by atoms with Crippen molar-refractivity contribution >= 4 is 26.0 Å². The summed E-state index contributed by atoms with van der Waals surface area (Å²) in [7, 11) is -5.33. The minimum Gasteiger partial charge on any atom is -0.741 e. The van der Waals surface area contributed by atoms with E-state index in [0.717, 1.165) is 22.6 Å². The van der Waals surface area contributed by atoms with E-state index in [1.807, 2.05) is 0 Å². The molecule has 0 bridgehead atoms. The molecule has 0 aromatic rings. The number of hydrogen-bond donors (Lipinski definition) is 0. The Morgan fingerprint density at radius 1 is 0.676 bits per heavy atom. The zero-order valence-corrected chi connectivity index (χ0v) is 27.3. The van der Waals surface area contributed by atoms with Crippen LogP contribution in [0, 0.1) is 0 Å². The van der Waals surface area contributed by atoms with Gasteiger partial charge in [0, 0.05) is 19.5 Å². The molecule has 3 nitrogen and oxygen atoms in total. The van der Waals surface area contributed by atoms with Gasteiger partial charge in [-0.2, -0.15) is 13.2 Å². The average Bonchev–Trinajstić information content (AvgIpc) is 3.39. The fourth-order valence-electron chi connectivity index (χ4n) is 5.60. The van der Waals surface area contributed by atoms with Gasteiger partial charge in [0.05, 0.1) is 0 Å². The third kappa shape index (κ3) is 13.7. The van der Waals surface area contributed by atoms with Crippen LogP contribution >= 0.6 is 15.8 Å². The Morgan fingerprint density at radius 2 is 0.892 bits per heavy atom. The fraction of sp³-hybridized carbons (Fsp3) is 0.852. The molecule has 0 aromatic carbocycles. The van der Waals surface area contributed by atoms with E-state index in [2.05, 4.69) is 52.0 Å². The van der Waals surface area contributed by atoms with Gasteiger partial charge in [-0.15, -0.1) is 15.8 Å². The van der Waals surface area contributed by atoms with Gasteiger partial charge in [-0.05, 0) is 112 Å².